The highest BCUT2D eigenvalue weighted by molar-refractivity contribution is 5.97. The second-order valence-corrected chi connectivity index (χ2v) is 2.83. The maximum atomic E-state index is 11.1. The number of rotatable bonds is 0. The van der Waals surface area contributed by atoms with Crippen molar-refractivity contribution >= 4 is 11.6 Å². The first-order chi connectivity index (χ1) is 5.77. The Hall–Kier alpha value is -1.42. The molecule has 1 aromatic heterocycles. The standard InChI is InChI=1S/C8H9N3O/c9-6-3-5-4-10-2-1-7(5)11-8(6)12/h1-2,4,6H,3,9H2,(H,11,12)/t6-/m0/s1. The lowest BCUT2D eigenvalue weighted by Crippen LogP contribution is -2.41. The van der Waals surface area contributed by atoms with E-state index in [-0.39, 0.29) is 5.91 Å². The molecule has 1 aliphatic rings. The van der Waals surface area contributed by atoms with E-state index < -0.39 is 6.04 Å². The molecule has 62 valence electrons. The second-order valence-electron chi connectivity index (χ2n) is 2.83. The van der Waals surface area contributed by atoms with Gasteiger partial charge < -0.3 is 11.1 Å². The highest BCUT2D eigenvalue weighted by Crippen LogP contribution is 2.19. The van der Waals surface area contributed by atoms with E-state index in [1.54, 1.807) is 18.5 Å². The van der Waals surface area contributed by atoms with E-state index in [0.29, 0.717) is 6.42 Å². The van der Waals surface area contributed by atoms with Crippen molar-refractivity contribution in [2.45, 2.75) is 12.5 Å². The van der Waals surface area contributed by atoms with Gasteiger partial charge in [0.1, 0.15) is 0 Å². The van der Waals surface area contributed by atoms with Crippen LogP contribution in [0.2, 0.25) is 0 Å². The lowest BCUT2D eigenvalue weighted by atomic mass is 10.0. The Bertz CT molecular complexity index is 324. The summed E-state index contributed by atoms with van der Waals surface area (Å²) in [6.45, 7) is 0. The van der Waals surface area contributed by atoms with Crippen LogP contribution in [0, 0.1) is 0 Å². The Balaban J connectivity index is 2.40. The maximum Gasteiger partial charge on any atom is 0.241 e. The van der Waals surface area contributed by atoms with Crippen molar-refractivity contribution in [3.05, 3.63) is 24.0 Å². The molecule has 2 heterocycles. The SMILES string of the molecule is N[C@H]1Cc2cnccc2NC1=O. The summed E-state index contributed by atoms with van der Waals surface area (Å²) in [6, 6.07) is 1.35. The second kappa shape index (κ2) is 2.57. The molecule has 1 amide bonds. The number of nitrogens with one attached hydrogen (secondary N) is 1. The van der Waals surface area contributed by atoms with E-state index >= 15 is 0 Å². The first-order valence-electron chi connectivity index (χ1n) is 3.77. The Labute approximate surface area is 69.8 Å². The van der Waals surface area contributed by atoms with Gasteiger partial charge in [0.25, 0.3) is 0 Å². The summed E-state index contributed by atoms with van der Waals surface area (Å²) in [5.41, 5.74) is 7.39. The minimum atomic E-state index is -0.429. The summed E-state index contributed by atoms with van der Waals surface area (Å²) in [6.07, 6.45) is 3.96. The molecule has 4 nitrogen and oxygen atoms in total. The molecular weight excluding hydrogens is 154 g/mol. The highest BCUT2D eigenvalue weighted by atomic mass is 16.2. The van der Waals surface area contributed by atoms with Crippen molar-refractivity contribution in [2.24, 2.45) is 5.73 Å². The van der Waals surface area contributed by atoms with E-state index in [9.17, 15) is 4.79 Å². The molecule has 0 radical (unpaired) electrons. The van der Waals surface area contributed by atoms with Crippen LogP contribution in [0.3, 0.4) is 0 Å². The summed E-state index contributed by atoms with van der Waals surface area (Å²) in [4.78, 5) is 15.1. The number of carbonyl (C=O) groups is 1. The Morgan fingerprint density at radius 2 is 2.50 bits per heavy atom. The molecule has 4 heteroatoms. The zero-order valence-corrected chi connectivity index (χ0v) is 6.45. The van der Waals surface area contributed by atoms with Gasteiger partial charge in [-0.2, -0.15) is 0 Å². The molecule has 0 unspecified atom stereocenters. The quantitative estimate of drug-likeness (QED) is 0.561. The van der Waals surface area contributed by atoms with Crippen molar-refractivity contribution in [1.82, 2.24) is 4.98 Å². The molecule has 1 atom stereocenters. The fourth-order valence-electron chi connectivity index (χ4n) is 1.27. The molecule has 0 saturated heterocycles. The van der Waals surface area contributed by atoms with Crippen LogP contribution >= 0.6 is 0 Å². The molecule has 0 aliphatic carbocycles. The lowest BCUT2D eigenvalue weighted by Gasteiger charge is -2.20. The van der Waals surface area contributed by atoms with E-state index in [1.165, 1.54) is 0 Å². The van der Waals surface area contributed by atoms with Gasteiger partial charge in [-0.3, -0.25) is 9.78 Å². The number of hydrogen-bond acceptors (Lipinski definition) is 3. The Kier molecular flexibility index (Phi) is 1.55. The molecule has 0 saturated carbocycles. The molecule has 0 spiro atoms. The zero-order chi connectivity index (χ0) is 8.55. The number of nitrogens with two attached hydrogens (primary N) is 1. The summed E-state index contributed by atoms with van der Waals surface area (Å²) < 4.78 is 0. The summed E-state index contributed by atoms with van der Waals surface area (Å²) in [5, 5.41) is 2.71. The van der Waals surface area contributed by atoms with Gasteiger partial charge in [-0.15, -0.1) is 0 Å². The number of aromatic nitrogens is 1. The van der Waals surface area contributed by atoms with Crippen molar-refractivity contribution < 1.29 is 4.79 Å². The van der Waals surface area contributed by atoms with Gasteiger partial charge in [-0.1, -0.05) is 0 Å². The number of anilines is 1. The van der Waals surface area contributed by atoms with Crippen LogP contribution in [0.1, 0.15) is 5.56 Å². The maximum absolute atomic E-state index is 11.1. The monoisotopic (exact) mass is 163 g/mol. The molecule has 1 aliphatic heterocycles. The summed E-state index contributed by atoms with van der Waals surface area (Å²) in [7, 11) is 0. The third kappa shape index (κ3) is 1.06. The smallest absolute Gasteiger partial charge is 0.241 e. The lowest BCUT2D eigenvalue weighted by molar-refractivity contribution is -0.117. The molecular formula is C8H9N3O. The Morgan fingerprint density at radius 3 is 3.33 bits per heavy atom. The average Bonchev–Trinajstić information content (AvgIpc) is 2.07. The number of amides is 1. The minimum Gasteiger partial charge on any atom is -0.324 e. The third-order valence-electron chi connectivity index (χ3n) is 1.94. The molecule has 0 aromatic carbocycles. The molecule has 2 rings (SSSR count). The number of pyridine rings is 1. The largest absolute Gasteiger partial charge is 0.324 e. The number of carbonyl (C=O) groups excluding carboxylic acids is 1. The van der Waals surface area contributed by atoms with Crippen LogP contribution < -0.4 is 11.1 Å². The van der Waals surface area contributed by atoms with Crippen LogP contribution in [0.5, 0.6) is 0 Å². The highest BCUT2D eigenvalue weighted by Gasteiger charge is 2.21. The van der Waals surface area contributed by atoms with E-state index in [0.717, 1.165) is 11.3 Å². The molecule has 1 aromatic rings. The fourth-order valence-corrected chi connectivity index (χ4v) is 1.27. The van der Waals surface area contributed by atoms with E-state index in [2.05, 4.69) is 10.3 Å². The van der Waals surface area contributed by atoms with Crippen molar-refractivity contribution in [3.63, 3.8) is 0 Å². The topological polar surface area (TPSA) is 68.0 Å². The van der Waals surface area contributed by atoms with Crippen LogP contribution in [0.15, 0.2) is 18.5 Å². The Morgan fingerprint density at radius 1 is 1.67 bits per heavy atom. The number of hydrogen-bond donors (Lipinski definition) is 2. The number of nitrogens with zero attached hydrogens (tertiary/aromatic N) is 1. The van der Waals surface area contributed by atoms with Crippen molar-refractivity contribution in [2.75, 3.05) is 5.32 Å². The first-order valence-corrected chi connectivity index (χ1v) is 3.77. The van der Waals surface area contributed by atoms with Gasteiger partial charge in [0.2, 0.25) is 5.91 Å². The van der Waals surface area contributed by atoms with Gasteiger partial charge in [-0.05, 0) is 11.6 Å². The van der Waals surface area contributed by atoms with E-state index in [4.69, 9.17) is 5.73 Å². The van der Waals surface area contributed by atoms with Crippen molar-refractivity contribution in [1.29, 1.82) is 0 Å². The van der Waals surface area contributed by atoms with Gasteiger partial charge in [0.05, 0.1) is 6.04 Å². The molecule has 0 bridgehead atoms. The summed E-state index contributed by atoms with van der Waals surface area (Å²) >= 11 is 0. The predicted octanol–water partition coefficient (Wildman–Crippen LogP) is -0.0965. The number of fused-ring (bicyclic) bond motifs is 1. The van der Waals surface area contributed by atoms with Crippen LogP contribution in [0.4, 0.5) is 5.69 Å². The predicted molar refractivity (Wildman–Crippen MR) is 44.5 cm³/mol. The van der Waals surface area contributed by atoms with Crippen LogP contribution in [-0.4, -0.2) is 16.9 Å². The summed E-state index contributed by atoms with van der Waals surface area (Å²) in [5.74, 6) is -0.117. The van der Waals surface area contributed by atoms with Gasteiger partial charge in [0.15, 0.2) is 0 Å². The van der Waals surface area contributed by atoms with Gasteiger partial charge in [0, 0.05) is 24.5 Å². The molecule has 12 heavy (non-hydrogen) atoms. The van der Waals surface area contributed by atoms with Crippen LogP contribution in [-0.2, 0) is 11.2 Å². The zero-order valence-electron chi connectivity index (χ0n) is 6.45. The molecule has 0 fully saturated rings. The minimum absolute atomic E-state index is 0.117. The first kappa shape index (κ1) is 7.24. The fraction of sp³-hybridized carbons (Fsp3) is 0.250. The van der Waals surface area contributed by atoms with Gasteiger partial charge >= 0.3 is 0 Å². The molecule has 3 N–H and O–H groups in total. The van der Waals surface area contributed by atoms with E-state index in [1.807, 2.05) is 0 Å². The normalized spacial score (nSPS) is 21.4. The third-order valence-corrected chi connectivity index (χ3v) is 1.94. The average molecular weight is 163 g/mol. The van der Waals surface area contributed by atoms with Crippen LogP contribution in [0.25, 0.3) is 0 Å². The van der Waals surface area contributed by atoms with Gasteiger partial charge in [-0.25, -0.2) is 0 Å². The van der Waals surface area contributed by atoms with Crippen molar-refractivity contribution in [3.8, 4) is 0 Å².